The van der Waals surface area contributed by atoms with Crippen molar-refractivity contribution >= 4 is 11.5 Å². The maximum absolute atomic E-state index is 12.0. The van der Waals surface area contributed by atoms with Gasteiger partial charge in [0.2, 0.25) is 0 Å². The first-order chi connectivity index (χ1) is 10.1. The van der Waals surface area contributed by atoms with Crippen molar-refractivity contribution in [2.75, 3.05) is 13.2 Å². The second-order valence-corrected chi connectivity index (χ2v) is 5.19. The first-order valence-corrected chi connectivity index (χ1v) is 6.86. The Kier molecular flexibility index (Phi) is 5.01. The fourth-order valence-corrected chi connectivity index (χ4v) is 2.19. The largest absolute Gasteiger partial charge is 0.373 e. The molecule has 6 heteroatoms. The van der Waals surface area contributed by atoms with Crippen LogP contribution in [0.3, 0.4) is 0 Å². The van der Waals surface area contributed by atoms with Crippen LogP contribution in [0.1, 0.15) is 30.7 Å². The van der Waals surface area contributed by atoms with E-state index in [2.05, 4.69) is 0 Å². The average molecular weight is 288 g/mol. The molecule has 1 aliphatic carbocycles. The van der Waals surface area contributed by atoms with Gasteiger partial charge in [-0.2, -0.15) is 5.26 Å². The molecule has 21 heavy (non-hydrogen) atoms. The van der Waals surface area contributed by atoms with E-state index in [1.807, 2.05) is 6.07 Å². The average Bonchev–Trinajstić information content (AvgIpc) is 2.43. The molecule has 1 aromatic carbocycles. The van der Waals surface area contributed by atoms with Crippen LogP contribution in [0.5, 0.6) is 0 Å². The van der Waals surface area contributed by atoms with Crippen LogP contribution >= 0.6 is 0 Å². The molecule has 2 rings (SSSR count). The lowest BCUT2D eigenvalue weighted by Gasteiger charge is -2.24. The Hall–Kier alpha value is -2.26. The van der Waals surface area contributed by atoms with Gasteiger partial charge in [0, 0.05) is 18.7 Å². The minimum atomic E-state index is -0.938. The molecule has 1 unspecified atom stereocenters. The maximum atomic E-state index is 12.0. The topological polar surface area (TPSA) is 93.2 Å². The fraction of sp³-hybridized carbons (Fsp3) is 0.467. The van der Waals surface area contributed by atoms with Gasteiger partial charge in [-0.15, -0.1) is 0 Å². The standard InChI is InChI=1S/C15H16N2O4/c16-8-14(12-4-6-13(7-5-12)17(19)20)15(18)10-21-9-11-2-1-3-11/h4-7,11,14H,1-3,9-10H2. The number of nitro benzene ring substituents is 1. The van der Waals surface area contributed by atoms with Gasteiger partial charge in [0.15, 0.2) is 5.78 Å². The highest BCUT2D eigenvalue weighted by atomic mass is 16.6. The Morgan fingerprint density at radius 1 is 1.43 bits per heavy atom. The van der Waals surface area contributed by atoms with Crippen LogP contribution in [0.15, 0.2) is 24.3 Å². The molecule has 0 aromatic heterocycles. The van der Waals surface area contributed by atoms with E-state index in [4.69, 9.17) is 10.00 Å². The lowest BCUT2D eigenvalue weighted by atomic mass is 9.86. The molecule has 1 aliphatic rings. The molecule has 0 radical (unpaired) electrons. The minimum absolute atomic E-state index is 0.0656. The Labute approximate surface area is 122 Å². The van der Waals surface area contributed by atoms with Crippen LogP contribution in [0.2, 0.25) is 0 Å². The van der Waals surface area contributed by atoms with Crippen molar-refractivity contribution in [3.8, 4) is 6.07 Å². The SMILES string of the molecule is N#CC(C(=O)COCC1CCC1)c1ccc([N+](=O)[O-])cc1. The van der Waals surface area contributed by atoms with E-state index in [9.17, 15) is 14.9 Å². The molecular weight excluding hydrogens is 272 g/mol. The fourth-order valence-electron chi connectivity index (χ4n) is 2.19. The summed E-state index contributed by atoms with van der Waals surface area (Å²) in [4.78, 5) is 22.1. The van der Waals surface area contributed by atoms with Crippen LogP contribution in [0.25, 0.3) is 0 Å². The van der Waals surface area contributed by atoms with E-state index >= 15 is 0 Å². The van der Waals surface area contributed by atoms with Gasteiger partial charge in [0.1, 0.15) is 12.5 Å². The van der Waals surface area contributed by atoms with E-state index in [0.717, 1.165) is 12.8 Å². The minimum Gasteiger partial charge on any atom is -0.373 e. The van der Waals surface area contributed by atoms with Gasteiger partial charge in [0.25, 0.3) is 5.69 Å². The third-order valence-corrected chi connectivity index (χ3v) is 3.71. The normalized spacial score (nSPS) is 15.8. The molecule has 1 atom stereocenters. The predicted octanol–water partition coefficient (Wildman–Crippen LogP) is 2.59. The van der Waals surface area contributed by atoms with Crippen molar-refractivity contribution in [3.05, 3.63) is 39.9 Å². The quantitative estimate of drug-likeness (QED) is 0.568. The third kappa shape index (κ3) is 3.86. The molecule has 0 bridgehead atoms. The smallest absolute Gasteiger partial charge is 0.269 e. The van der Waals surface area contributed by atoms with Crippen molar-refractivity contribution < 1.29 is 14.5 Å². The highest BCUT2D eigenvalue weighted by Crippen LogP contribution is 2.26. The van der Waals surface area contributed by atoms with E-state index in [1.54, 1.807) is 0 Å². The zero-order valence-electron chi connectivity index (χ0n) is 11.5. The van der Waals surface area contributed by atoms with Gasteiger partial charge in [-0.05, 0) is 24.3 Å². The van der Waals surface area contributed by atoms with Crippen molar-refractivity contribution in [2.45, 2.75) is 25.2 Å². The van der Waals surface area contributed by atoms with Crippen LogP contribution in [0, 0.1) is 27.4 Å². The van der Waals surface area contributed by atoms with Crippen LogP contribution in [0.4, 0.5) is 5.69 Å². The predicted molar refractivity (Wildman–Crippen MR) is 74.6 cm³/mol. The van der Waals surface area contributed by atoms with Crippen molar-refractivity contribution in [3.63, 3.8) is 0 Å². The third-order valence-electron chi connectivity index (χ3n) is 3.71. The lowest BCUT2D eigenvalue weighted by Crippen LogP contribution is -2.22. The summed E-state index contributed by atoms with van der Waals surface area (Å²) >= 11 is 0. The number of nitrogens with zero attached hydrogens (tertiary/aromatic N) is 2. The zero-order valence-corrected chi connectivity index (χ0v) is 11.5. The molecule has 0 aliphatic heterocycles. The number of nitro groups is 1. The van der Waals surface area contributed by atoms with E-state index in [-0.39, 0.29) is 18.1 Å². The van der Waals surface area contributed by atoms with Crippen molar-refractivity contribution in [2.24, 2.45) is 5.92 Å². The number of nitriles is 1. The first kappa shape index (κ1) is 15.1. The molecule has 110 valence electrons. The lowest BCUT2D eigenvalue weighted by molar-refractivity contribution is -0.384. The first-order valence-electron chi connectivity index (χ1n) is 6.86. The summed E-state index contributed by atoms with van der Waals surface area (Å²) in [5.74, 6) is -0.712. The Balaban J connectivity index is 1.92. The summed E-state index contributed by atoms with van der Waals surface area (Å²) in [7, 11) is 0. The molecule has 0 heterocycles. The van der Waals surface area contributed by atoms with Crippen LogP contribution in [-0.2, 0) is 9.53 Å². The Morgan fingerprint density at radius 2 is 2.10 bits per heavy atom. The Morgan fingerprint density at radius 3 is 2.57 bits per heavy atom. The van der Waals surface area contributed by atoms with E-state index in [0.29, 0.717) is 18.1 Å². The molecule has 1 fully saturated rings. The monoisotopic (exact) mass is 288 g/mol. The molecule has 0 amide bonds. The zero-order chi connectivity index (χ0) is 15.2. The number of benzene rings is 1. The molecular formula is C15H16N2O4. The number of hydrogen-bond donors (Lipinski definition) is 0. The summed E-state index contributed by atoms with van der Waals surface area (Å²) in [6, 6.07) is 7.40. The summed E-state index contributed by atoms with van der Waals surface area (Å²) in [5, 5.41) is 19.7. The number of rotatable bonds is 7. The number of Topliss-reactive ketones (excluding diaryl/α,β-unsaturated/α-hetero) is 1. The maximum Gasteiger partial charge on any atom is 0.269 e. The van der Waals surface area contributed by atoms with Gasteiger partial charge in [-0.1, -0.05) is 18.6 Å². The van der Waals surface area contributed by atoms with Gasteiger partial charge in [0.05, 0.1) is 11.0 Å². The summed E-state index contributed by atoms with van der Waals surface area (Å²) in [6.07, 6.45) is 3.49. The van der Waals surface area contributed by atoms with Gasteiger partial charge >= 0.3 is 0 Å². The van der Waals surface area contributed by atoms with Crippen molar-refractivity contribution in [1.82, 2.24) is 0 Å². The number of non-ortho nitro benzene ring substituents is 1. The second kappa shape index (κ2) is 6.95. The number of hydrogen-bond acceptors (Lipinski definition) is 5. The van der Waals surface area contributed by atoms with Gasteiger partial charge in [-0.3, -0.25) is 14.9 Å². The summed E-state index contributed by atoms with van der Waals surface area (Å²) in [5.41, 5.74) is 0.393. The molecule has 0 saturated heterocycles. The molecule has 1 aromatic rings. The van der Waals surface area contributed by atoms with Gasteiger partial charge < -0.3 is 4.74 Å². The van der Waals surface area contributed by atoms with E-state index < -0.39 is 10.8 Å². The van der Waals surface area contributed by atoms with Crippen LogP contribution in [-0.4, -0.2) is 23.9 Å². The number of carbonyl (C=O) groups is 1. The Bertz CT molecular complexity index is 558. The second-order valence-electron chi connectivity index (χ2n) is 5.19. The molecule has 0 spiro atoms. The molecule has 0 N–H and O–H groups in total. The molecule has 1 saturated carbocycles. The van der Waals surface area contributed by atoms with Gasteiger partial charge in [-0.25, -0.2) is 0 Å². The number of ether oxygens (including phenoxy) is 1. The summed E-state index contributed by atoms with van der Waals surface area (Å²) < 4.78 is 5.36. The summed E-state index contributed by atoms with van der Waals surface area (Å²) in [6.45, 7) is 0.468. The molecule has 6 nitrogen and oxygen atoms in total. The number of carbonyl (C=O) groups excluding carboxylic acids is 1. The van der Waals surface area contributed by atoms with Crippen molar-refractivity contribution in [1.29, 1.82) is 5.26 Å². The van der Waals surface area contributed by atoms with E-state index in [1.165, 1.54) is 30.7 Å². The van der Waals surface area contributed by atoms with Crippen LogP contribution < -0.4 is 0 Å². The highest BCUT2D eigenvalue weighted by molar-refractivity contribution is 5.89. The highest BCUT2D eigenvalue weighted by Gasteiger charge is 2.22. The number of ketones is 1.